The van der Waals surface area contributed by atoms with Crippen LogP contribution in [0.25, 0.3) is 0 Å². The van der Waals surface area contributed by atoms with E-state index < -0.39 is 0 Å². The van der Waals surface area contributed by atoms with Gasteiger partial charge in [0.05, 0.1) is 12.9 Å². The predicted octanol–water partition coefficient (Wildman–Crippen LogP) is 2.87. The van der Waals surface area contributed by atoms with Crippen molar-refractivity contribution in [3.05, 3.63) is 24.2 Å². The van der Waals surface area contributed by atoms with Gasteiger partial charge in [0, 0.05) is 0 Å². The largest absolute Gasteiger partial charge is 0.460 e. The van der Waals surface area contributed by atoms with Gasteiger partial charge in [0.15, 0.2) is 0 Å². The Balaban J connectivity index is 2.28. The van der Waals surface area contributed by atoms with E-state index in [1.54, 1.807) is 12.1 Å². The van der Waals surface area contributed by atoms with Crippen LogP contribution in [-0.4, -0.2) is 12.6 Å². The number of carbonyl (C=O) groups is 1. The minimum atomic E-state index is -0.377. The van der Waals surface area contributed by atoms with E-state index in [0.29, 0.717) is 12.5 Å². The Bertz CT molecular complexity index is 264. The third kappa shape index (κ3) is 3.24. The van der Waals surface area contributed by atoms with E-state index >= 15 is 0 Å². The maximum absolute atomic E-state index is 11.3. The molecule has 0 aliphatic rings. The van der Waals surface area contributed by atoms with E-state index in [2.05, 4.69) is 13.8 Å². The standard InChI is InChI=1S/C11H16O3/c1-3-5-9(2)8-14-11(12)10-6-4-7-13-10/h4,6-7,9H,3,5,8H2,1-2H3. The van der Waals surface area contributed by atoms with Crippen LogP contribution in [-0.2, 0) is 4.74 Å². The molecule has 0 amide bonds. The molecule has 14 heavy (non-hydrogen) atoms. The van der Waals surface area contributed by atoms with E-state index in [0.717, 1.165) is 12.8 Å². The minimum absolute atomic E-state index is 0.272. The Morgan fingerprint density at radius 3 is 3.00 bits per heavy atom. The number of rotatable bonds is 5. The van der Waals surface area contributed by atoms with Crippen LogP contribution >= 0.6 is 0 Å². The molecule has 1 aromatic rings. The number of hydrogen-bond donors (Lipinski definition) is 0. The molecule has 0 aliphatic heterocycles. The average Bonchev–Trinajstić information content (AvgIpc) is 2.67. The van der Waals surface area contributed by atoms with Gasteiger partial charge in [0.2, 0.25) is 5.76 Å². The molecule has 0 spiro atoms. The first-order chi connectivity index (χ1) is 6.74. The lowest BCUT2D eigenvalue weighted by Gasteiger charge is -2.09. The van der Waals surface area contributed by atoms with Gasteiger partial charge in [-0.15, -0.1) is 0 Å². The number of hydrogen-bond acceptors (Lipinski definition) is 3. The van der Waals surface area contributed by atoms with Crippen molar-refractivity contribution in [2.75, 3.05) is 6.61 Å². The van der Waals surface area contributed by atoms with E-state index in [4.69, 9.17) is 9.15 Å². The Kier molecular flexibility index (Phi) is 4.23. The zero-order valence-corrected chi connectivity index (χ0v) is 8.66. The minimum Gasteiger partial charge on any atom is -0.460 e. The second-order valence-electron chi connectivity index (χ2n) is 3.47. The lowest BCUT2D eigenvalue weighted by Crippen LogP contribution is -2.11. The number of ether oxygens (including phenoxy) is 1. The van der Waals surface area contributed by atoms with Gasteiger partial charge in [-0.2, -0.15) is 0 Å². The molecule has 0 radical (unpaired) electrons. The highest BCUT2D eigenvalue weighted by atomic mass is 16.5. The second kappa shape index (κ2) is 5.47. The fraction of sp³-hybridized carbons (Fsp3) is 0.545. The summed E-state index contributed by atoms with van der Waals surface area (Å²) in [6.07, 6.45) is 3.65. The molecule has 0 N–H and O–H groups in total. The van der Waals surface area contributed by atoms with Crippen molar-refractivity contribution in [1.82, 2.24) is 0 Å². The molecule has 1 unspecified atom stereocenters. The number of carbonyl (C=O) groups excluding carboxylic acids is 1. The summed E-state index contributed by atoms with van der Waals surface area (Å²) in [4.78, 5) is 11.3. The third-order valence-corrected chi connectivity index (χ3v) is 2.00. The molecule has 78 valence electrons. The maximum Gasteiger partial charge on any atom is 0.374 e. The van der Waals surface area contributed by atoms with E-state index in [1.165, 1.54) is 6.26 Å². The van der Waals surface area contributed by atoms with Crippen molar-refractivity contribution in [3.8, 4) is 0 Å². The number of furan rings is 1. The van der Waals surface area contributed by atoms with Crippen LogP contribution in [0, 0.1) is 5.92 Å². The van der Waals surface area contributed by atoms with Crippen LogP contribution in [0.1, 0.15) is 37.2 Å². The van der Waals surface area contributed by atoms with Gasteiger partial charge >= 0.3 is 5.97 Å². The van der Waals surface area contributed by atoms with Gasteiger partial charge in [-0.3, -0.25) is 0 Å². The topological polar surface area (TPSA) is 39.4 Å². The maximum atomic E-state index is 11.3. The molecule has 0 aliphatic carbocycles. The highest BCUT2D eigenvalue weighted by Crippen LogP contribution is 2.08. The Hall–Kier alpha value is -1.25. The van der Waals surface area contributed by atoms with Gasteiger partial charge in [-0.05, 0) is 24.5 Å². The quantitative estimate of drug-likeness (QED) is 0.680. The average molecular weight is 196 g/mol. The highest BCUT2D eigenvalue weighted by Gasteiger charge is 2.11. The lowest BCUT2D eigenvalue weighted by atomic mass is 10.1. The molecule has 1 aromatic heterocycles. The molecule has 3 nitrogen and oxygen atoms in total. The molecule has 3 heteroatoms. The molecular formula is C11H16O3. The van der Waals surface area contributed by atoms with E-state index in [-0.39, 0.29) is 11.7 Å². The molecule has 0 aromatic carbocycles. The SMILES string of the molecule is CCCC(C)COC(=O)c1ccco1. The normalized spacial score (nSPS) is 12.4. The second-order valence-corrected chi connectivity index (χ2v) is 3.47. The summed E-state index contributed by atoms with van der Waals surface area (Å²) in [5.74, 6) is 0.311. The van der Waals surface area contributed by atoms with Crippen molar-refractivity contribution in [2.24, 2.45) is 5.92 Å². The predicted molar refractivity (Wildman–Crippen MR) is 53.1 cm³/mol. The van der Waals surface area contributed by atoms with Crippen LogP contribution < -0.4 is 0 Å². The molecule has 1 heterocycles. The zero-order chi connectivity index (χ0) is 10.4. The zero-order valence-electron chi connectivity index (χ0n) is 8.66. The van der Waals surface area contributed by atoms with Crippen LogP contribution in [0.4, 0.5) is 0 Å². The molecule has 0 saturated carbocycles. The monoisotopic (exact) mass is 196 g/mol. The summed E-state index contributed by atoms with van der Waals surface area (Å²) in [5.41, 5.74) is 0. The van der Waals surface area contributed by atoms with Crippen LogP contribution in [0.3, 0.4) is 0 Å². The summed E-state index contributed by atoms with van der Waals surface area (Å²) >= 11 is 0. The van der Waals surface area contributed by atoms with Gasteiger partial charge < -0.3 is 9.15 Å². The summed E-state index contributed by atoms with van der Waals surface area (Å²) in [5, 5.41) is 0. The summed E-state index contributed by atoms with van der Waals surface area (Å²) in [6, 6.07) is 3.28. The fourth-order valence-corrected chi connectivity index (χ4v) is 1.26. The smallest absolute Gasteiger partial charge is 0.374 e. The van der Waals surface area contributed by atoms with Gasteiger partial charge in [-0.1, -0.05) is 20.3 Å². The van der Waals surface area contributed by atoms with Crippen molar-refractivity contribution in [3.63, 3.8) is 0 Å². The Labute approximate surface area is 84.1 Å². The Morgan fingerprint density at radius 2 is 2.43 bits per heavy atom. The molecule has 1 atom stereocenters. The first-order valence-corrected chi connectivity index (χ1v) is 4.94. The van der Waals surface area contributed by atoms with Crippen molar-refractivity contribution < 1.29 is 13.9 Å². The van der Waals surface area contributed by atoms with Gasteiger partial charge in [0.1, 0.15) is 0 Å². The summed E-state index contributed by atoms with van der Waals surface area (Å²) in [7, 11) is 0. The highest BCUT2D eigenvalue weighted by molar-refractivity contribution is 5.86. The number of esters is 1. The third-order valence-electron chi connectivity index (χ3n) is 2.00. The van der Waals surface area contributed by atoms with Crippen molar-refractivity contribution in [1.29, 1.82) is 0 Å². The first-order valence-electron chi connectivity index (χ1n) is 4.94. The summed E-state index contributed by atoms with van der Waals surface area (Å²) in [6.45, 7) is 4.65. The van der Waals surface area contributed by atoms with Crippen LogP contribution in [0.5, 0.6) is 0 Å². The first kappa shape index (κ1) is 10.8. The summed E-state index contributed by atoms with van der Waals surface area (Å²) < 4.78 is 9.98. The van der Waals surface area contributed by atoms with Crippen LogP contribution in [0.15, 0.2) is 22.8 Å². The van der Waals surface area contributed by atoms with Crippen LogP contribution in [0.2, 0.25) is 0 Å². The van der Waals surface area contributed by atoms with Gasteiger partial charge in [0.25, 0.3) is 0 Å². The van der Waals surface area contributed by atoms with Gasteiger partial charge in [-0.25, -0.2) is 4.79 Å². The molecule has 0 saturated heterocycles. The molecule has 1 rings (SSSR count). The van der Waals surface area contributed by atoms with E-state index in [9.17, 15) is 4.79 Å². The van der Waals surface area contributed by atoms with E-state index in [1.807, 2.05) is 0 Å². The molecular weight excluding hydrogens is 180 g/mol. The Morgan fingerprint density at radius 1 is 1.64 bits per heavy atom. The fourth-order valence-electron chi connectivity index (χ4n) is 1.26. The van der Waals surface area contributed by atoms with Crippen molar-refractivity contribution >= 4 is 5.97 Å². The van der Waals surface area contributed by atoms with Crippen molar-refractivity contribution in [2.45, 2.75) is 26.7 Å². The lowest BCUT2D eigenvalue weighted by molar-refractivity contribution is 0.0408. The molecule has 0 fully saturated rings. The molecule has 0 bridgehead atoms.